The van der Waals surface area contributed by atoms with Crippen molar-refractivity contribution >= 4 is 62.3 Å². The van der Waals surface area contributed by atoms with Gasteiger partial charge in [0.1, 0.15) is 0 Å². The molecule has 0 radical (unpaired) electrons. The monoisotopic (exact) mass is 632 g/mol. The van der Waals surface area contributed by atoms with Crippen LogP contribution in [0.1, 0.15) is 0 Å². The van der Waals surface area contributed by atoms with E-state index in [0.717, 1.165) is 66.3 Å². The van der Waals surface area contributed by atoms with E-state index in [9.17, 15) is 0 Å². The molecule has 3 aromatic heterocycles. The summed E-state index contributed by atoms with van der Waals surface area (Å²) in [6.45, 7) is 0. The van der Waals surface area contributed by atoms with Crippen molar-refractivity contribution in [3.05, 3.63) is 164 Å². The third-order valence-electron chi connectivity index (χ3n) is 9.54. The molecule has 0 saturated heterocycles. The van der Waals surface area contributed by atoms with Gasteiger partial charge in [0, 0.05) is 21.4 Å². The molecular formula is C43H28N4S. The quantitative estimate of drug-likeness (QED) is 0.192. The Bertz CT molecular complexity index is 2860. The minimum absolute atomic E-state index is 0.904. The van der Waals surface area contributed by atoms with Gasteiger partial charge in [0.05, 0.1) is 38.8 Å². The molecule has 0 fully saturated rings. The van der Waals surface area contributed by atoms with Crippen molar-refractivity contribution in [1.82, 2.24) is 18.5 Å². The van der Waals surface area contributed by atoms with E-state index in [4.69, 9.17) is 17.6 Å². The third-order valence-corrected chi connectivity index (χ3v) is 9.93. The van der Waals surface area contributed by atoms with Gasteiger partial charge in [0.15, 0.2) is 0 Å². The SMILES string of the molecule is Sc1ccc(-n2c3ccccc3c3c(-n4c5ccccc5n5c6ccccc6nc45)cccc32)cc1-c1cccc(-c2ccccc2)c1. The first-order chi connectivity index (χ1) is 23.7. The lowest BCUT2D eigenvalue weighted by Crippen LogP contribution is -1.98. The summed E-state index contributed by atoms with van der Waals surface area (Å²) in [5, 5.41) is 2.38. The number of hydrogen-bond acceptors (Lipinski definition) is 2. The Morgan fingerprint density at radius 2 is 1.12 bits per heavy atom. The molecule has 226 valence electrons. The number of aromatic nitrogens is 4. The van der Waals surface area contributed by atoms with Gasteiger partial charge in [0.2, 0.25) is 5.78 Å². The topological polar surface area (TPSA) is 27.2 Å². The van der Waals surface area contributed by atoms with Crippen LogP contribution in [0.15, 0.2) is 169 Å². The van der Waals surface area contributed by atoms with Gasteiger partial charge >= 0.3 is 0 Å². The van der Waals surface area contributed by atoms with Crippen molar-refractivity contribution in [1.29, 1.82) is 0 Å². The van der Waals surface area contributed by atoms with Crippen LogP contribution in [0.5, 0.6) is 0 Å². The second kappa shape index (κ2) is 10.5. The highest BCUT2D eigenvalue weighted by Gasteiger charge is 2.22. The first-order valence-corrected chi connectivity index (χ1v) is 16.6. The Labute approximate surface area is 282 Å². The van der Waals surface area contributed by atoms with Crippen LogP contribution in [-0.2, 0) is 0 Å². The molecule has 0 saturated carbocycles. The number of fused-ring (bicyclic) bond motifs is 8. The second-order valence-corrected chi connectivity index (χ2v) is 12.7. The number of para-hydroxylation sites is 5. The summed E-state index contributed by atoms with van der Waals surface area (Å²) in [4.78, 5) is 6.12. The van der Waals surface area contributed by atoms with E-state index >= 15 is 0 Å². The molecule has 0 aliphatic heterocycles. The van der Waals surface area contributed by atoms with Crippen molar-refractivity contribution < 1.29 is 0 Å². The predicted molar refractivity (Wildman–Crippen MR) is 202 cm³/mol. The minimum atomic E-state index is 0.904. The van der Waals surface area contributed by atoms with Crippen molar-refractivity contribution in [2.45, 2.75) is 4.90 Å². The van der Waals surface area contributed by atoms with E-state index < -0.39 is 0 Å². The van der Waals surface area contributed by atoms with Crippen LogP contribution in [0.4, 0.5) is 0 Å². The summed E-state index contributed by atoms with van der Waals surface area (Å²) < 4.78 is 6.99. The molecule has 0 unspecified atom stereocenters. The van der Waals surface area contributed by atoms with Gasteiger partial charge in [0.25, 0.3) is 0 Å². The largest absolute Gasteiger partial charge is 0.309 e. The van der Waals surface area contributed by atoms with Gasteiger partial charge in [-0.15, -0.1) is 12.6 Å². The molecular weight excluding hydrogens is 605 g/mol. The van der Waals surface area contributed by atoms with Gasteiger partial charge < -0.3 is 4.57 Å². The molecule has 5 heteroatoms. The van der Waals surface area contributed by atoms with Gasteiger partial charge in [-0.1, -0.05) is 97.1 Å². The van der Waals surface area contributed by atoms with Gasteiger partial charge in [-0.3, -0.25) is 8.97 Å². The fraction of sp³-hybridized carbons (Fsp3) is 0. The van der Waals surface area contributed by atoms with Crippen LogP contribution in [-0.4, -0.2) is 18.5 Å². The summed E-state index contributed by atoms with van der Waals surface area (Å²) in [5.74, 6) is 0.904. The van der Waals surface area contributed by atoms with Crippen LogP contribution in [0, 0.1) is 0 Å². The Morgan fingerprint density at radius 3 is 2.00 bits per heavy atom. The Balaban J connectivity index is 1.24. The number of rotatable bonds is 4. The minimum Gasteiger partial charge on any atom is -0.309 e. The number of nitrogens with zero attached hydrogens (tertiary/aromatic N) is 4. The zero-order valence-corrected chi connectivity index (χ0v) is 26.7. The molecule has 0 N–H and O–H groups in total. The summed E-state index contributed by atoms with van der Waals surface area (Å²) in [5.41, 5.74) is 13.4. The van der Waals surface area contributed by atoms with Crippen LogP contribution < -0.4 is 0 Å². The lowest BCUT2D eigenvalue weighted by Gasteiger charge is -2.14. The third kappa shape index (κ3) is 3.95. The smallest absolute Gasteiger partial charge is 0.220 e. The molecule has 10 aromatic rings. The van der Waals surface area contributed by atoms with Crippen molar-refractivity contribution in [2.24, 2.45) is 0 Å². The lowest BCUT2D eigenvalue weighted by molar-refractivity contribution is 1.12. The molecule has 0 aliphatic rings. The number of thiol groups is 1. The van der Waals surface area contributed by atoms with Gasteiger partial charge in [-0.25, -0.2) is 4.98 Å². The molecule has 0 atom stereocenters. The lowest BCUT2D eigenvalue weighted by atomic mass is 9.98. The maximum absolute atomic E-state index is 5.18. The fourth-order valence-corrected chi connectivity index (χ4v) is 7.71. The standard InChI is InChI=1S/C43H28N4S/c48-41-25-24-31(27-33(41)30-15-10-14-29(26-30)28-12-2-1-3-13-28)45-35-18-6-4-16-32(35)42-39(45)22-11-23-40(42)47-38-21-9-8-20-37(38)46-36-19-7-5-17-34(36)44-43(46)47/h1-27,48H. The zero-order valence-electron chi connectivity index (χ0n) is 25.8. The first kappa shape index (κ1) is 27.1. The molecule has 48 heavy (non-hydrogen) atoms. The highest BCUT2D eigenvalue weighted by molar-refractivity contribution is 7.80. The maximum atomic E-state index is 5.18. The van der Waals surface area contributed by atoms with Crippen LogP contribution in [0.25, 0.3) is 83.3 Å². The summed E-state index contributed by atoms with van der Waals surface area (Å²) in [7, 11) is 0. The molecule has 0 aliphatic carbocycles. The van der Waals surface area contributed by atoms with Gasteiger partial charge in [-0.2, -0.15) is 0 Å². The molecule has 7 aromatic carbocycles. The van der Waals surface area contributed by atoms with E-state index in [1.54, 1.807) is 0 Å². The van der Waals surface area contributed by atoms with Crippen LogP contribution >= 0.6 is 12.6 Å². The molecule has 3 heterocycles. The first-order valence-electron chi connectivity index (χ1n) is 16.1. The van der Waals surface area contributed by atoms with Gasteiger partial charge in [-0.05, 0) is 89.0 Å². The average Bonchev–Trinajstić information content (AvgIpc) is 3.79. The average molecular weight is 633 g/mol. The number of hydrogen-bond donors (Lipinski definition) is 1. The molecule has 0 amide bonds. The van der Waals surface area contributed by atoms with E-state index in [0.29, 0.717) is 0 Å². The Hall–Kier alpha value is -6.04. The van der Waals surface area contributed by atoms with E-state index in [2.05, 4.69) is 177 Å². The highest BCUT2D eigenvalue weighted by Crippen LogP contribution is 2.40. The molecule has 10 rings (SSSR count). The molecule has 4 nitrogen and oxygen atoms in total. The predicted octanol–water partition coefficient (Wildman–Crippen LogP) is 11.2. The number of imidazole rings is 2. The Kier molecular flexibility index (Phi) is 5.92. The van der Waals surface area contributed by atoms with E-state index in [1.165, 1.54) is 21.9 Å². The van der Waals surface area contributed by atoms with Crippen LogP contribution in [0.3, 0.4) is 0 Å². The molecule has 0 spiro atoms. The van der Waals surface area contributed by atoms with Crippen LogP contribution in [0.2, 0.25) is 0 Å². The Morgan fingerprint density at radius 1 is 0.458 bits per heavy atom. The zero-order chi connectivity index (χ0) is 31.8. The fourth-order valence-electron chi connectivity index (χ4n) is 7.44. The second-order valence-electron chi connectivity index (χ2n) is 12.2. The van der Waals surface area contributed by atoms with Crippen molar-refractivity contribution in [3.63, 3.8) is 0 Å². The maximum Gasteiger partial charge on any atom is 0.220 e. The van der Waals surface area contributed by atoms with E-state index in [-0.39, 0.29) is 0 Å². The summed E-state index contributed by atoms with van der Waals surface area (Å²) in [6.07, 6.45) is 0. The van der Waals surface area contributed by atoms with Crippen molar-refractivity contribution in [2.75, 3.05) is 0 Å². The molecule has 0 bridgehead atoms. The van der Waals surface area contributed by atoms with Crippen molar-refractivity contribution in [3.8, 4) is 33.6 Å². The highest BCUT2D eigenvalue weighted by atomic mass is 32.1. The summed E-state index contributed by atoms with van der Waals surface area (Å²) >= 11 is 4.95. The number of benzene rings is 7. The normalized spacial score (nSPS) is 11.9. The summed E-state index contributed by atoms with van der Waals surface area (Å²) in [6, 6.07) is 58.1. The van der Waals surface area contributed by atoms with E-state index in [1.807, 2.05) is 0 Å².